The van der Waals surface area contributed by atoms with Gasteiger partial charge in [0.2, 0.25) is 11.8 Å². The summed E-state index contributed by atoms with van der Waals surface area (Å²) in [5.41, 5.74) is 0. The van der Waals surface area contributed by atoms with Crippen LogP contribution in [0.25, 0.3) is 0 Å². The minimum Gasteiger partial charge on any atom is -0.396 e. The molecule has 1 N–H and O–H groups in total. The first-order valence-corrected chi connectivity index (χ1v) is 8.48. The molecule has 1 saturated carbocycles. The molecule has 0 spiro atoms. The van der Waals surface area contributed by atoms with E-state index in [4.69, 9.17) is 0 Å². The molecule has 0 aromatic heterocycles. The Morgan fingerprint density at radius 1 is 1.05 bits per heavy atom. The number of carbonyl (C=O) groups excluding carboxylic acids is 2. The normalized spacial score (nSPS) is 29.9. The van der Waals surface area contributed by atoms with Crippen LogP contribution in [0.1, 0.15) is 19.8 Å². The van der Waals surface area contributed by atoms with Crippen molar-refractivity contribution in [3.8, 4) is 0 Å². The molecule has 2 saturated heterocycles. The summed E-state index contributed by atoms with van der Waals surface area (Å²) in [6, 6.07) is 0. The Hall–Kier alpha value is -1.14. The van der Waals surface area contributed by atoms with Gasteiger partial charge in [0.15, 0.2) is 0 Å². The zero-order chi connectivity index (χ0) is 15.7. The minimum atomic E-state index is 0.157. The highest BCUT2D eigenvalue weighted by molar-refractivity contribution is 5.82. The van der Waals surface area contributed by atoms with E-state index in [0.717, 1.165) is 25.9 Å². The fourth-order valence-corrected chi connectivity index (χ4v) is 3.57. The molecule has 0 aromatic rings. The van der Waals surface area contributed by atoms with Crippen LogP contribution >= 0.6 is 0 Å². The molecule has 2 atom stereocenters. The van der Waals surface area contributed by atoms with Gasteiger partial charge in [0, 0.05) is 51.8 Å². The Kier molecular flexibility index (Phi) is 4.68. The number of nitrogens with zero attached hydrogens (tertiary/aromatic N) is 3. The smallest absolute Gasteiger partial charge is 0.236 e. The van der Waals surface area contributed by atoms with Crippen molar-refractivity contribution < 1.29 is 14.7 Å². The van der Waals surface area contributed by atoms with E-state index in [-0.39, 0.29) is 24.3 Å². The third kappa shape index (κ3) is 3.43. The molecule has 3 rings (SSSR count). The summed E-state index contributed by atoms with van der Waals surface area (Å²) in [5, 5.41) is 9.31. The predicted molar refractivity (Wildman–Crippen MR) is 82.1 cm³/mol. The summed E-state index contributed by atoms with van der Waals surface area (Å²) in [4.78, 5) is 30.4. The average molecular weight is 309 g/mol. The van der Waals surface area contributed by atoms with Gasteiger partial charge >= 0.3 is 0 Å². The Morgan fingerprint density at radius 3 is 2.23 bits per heavy atom. The first-order valence-electron chi connectivity index (χ1n) is 8.48. The van der Waals surface area contributed by atoms with Crippen LogP contribution in [0.2, 0.25) is 0 Å². The zero-order valence-electron chi connectivity index (χ0n) is 13.4. The van der Waals surface area contributed by atoms with E-state index < -0.39 is 0 Å². The molecule has 22 heavy (non-hydrogen) atoms. The summed E-state index contributed by atoms with van der Waals surface area (Å²) in [7, 11) is 0. The Balaban J connectivity index is 1.43. The Morgan fingerprint density at radius 2 is 1.68 bits per heavy atom. The lowest BCUT2D eigenvalue weighted by Gasteiger charge is -2.35. The molecular weight excluding hydrogens is 282 g/mol. The number of aliphatic hydroxyl groups excluding tert-OH is 1. The predicted octanol–water partition coefficient (Wildman–Crippen LogP) is -0.373. The van der Waals surface area contributed by atoms with Crippen LogP contribution in [0.4, 0.5) is 0 Å². The lowest BCUT2D eigenvalue weighted by Crippen LogP contribution is -2.52. The van der Waals surface area contributed by atoms with Gasteiger partial charge in [-0.2, -0.15) is 0 Å². The molecule has 6 heteroatoms. The van der Waals surface area contributed by atoms with Crippen LogP contribution in [-0.4, -0.2) is 84.0 Å². The lowest BCUT2D eigenvalue weighted by molar-refractivity contribution is -0.140. The van der Waals surface area contributed by atoms with Gasteiger partial charge in [-0.1, -0.05) is 6.92 Å². The summed E-state index contributed by atoms with van der Waals surface area (Å²) >= 11 is 0. The first kappa shape index (κ1) is 15.7. The molecule has 0 unspecified atom stereocenters. The van der Waals surface area contributed by atoms with Crippen molar-refractivity contribution >= 4 is 11.8 Å². The second-order valence-electron chi connectivity index (χ2n) is 7.09. The molecule has 2 amide bonds. The molecule has 6 nitrogen and oxygen atoms in total. The quantitative estimate of drug-likeness (QED) is 0.769. The molecule has 3 fully saturated rings. The van der Waals surface area contributed by atoms with Gasteiger partial charge in [-0.05, 0) is 24.7 Å². The van der Waals surface area contributed by atoms with Crippen molar-refractivity contribution in [1.29, 1.82) is 0 Å². The van der Waals surface area contributed by atoms with Crippen molar-refractivity contribution in [3.63, 3.8) is 0 Å². The number of carbonyl (C=O) groups is 2. The third-order valence-electron chi connectivity index (χ3n) is 5.31. The molecule has 0 bridgehead atoms. The van der Waals surface area contributed by atoms with E-state index in [1.165, 1.54) is 0 Å². The number of amides is 2. The van der Waals surface area contributed by atoms with E-state index >= 15 is 0 Å². The Labute approximate surface area is 132 Å². The fourth-order valence-electron chi connectivity index (χ4n) is 3.57. The highest BCUT2D eigenvalue weighted by Gasteiger charge is 2.36. The summed E-state index contributed by atoms with van der Waals surface area (Å²) in [6.07, 6.45) is 2.08. The minimum absolute atomic E-state index is 0.157. The fraction of sp³-hybridized carbons (Fsp3) is 0.875. The SMILES string of the molecule is C[C@@H]1CN(CC(=O)N2CCN(C(=O)C3CC3)CC2)C[C@H]1CO. The van der Waals surface area contributed by atoms with Gasteiger partial charge in [-0.3, -0.25) is 14.5 Å². The second kappa shape index (κ2) is 6.54. The maximum atomic E-state index is 12.4. The maximum absolute atomic E-state index is 12.4. The van der Waals surface area contributed by atoms with Crippen LogP contribution in [0.3, 0.4) is 0 Å². The first-order chi connectivity index (χ1) is 10.6. The van der Waals surface area contributed by atoms with Crippen molar-refractivity contribution in [2.24, 2.45) is 17.8 Å². The average Bonchev–Trinajstić information content (AvgIpc) is 3.31. The maximum Gasteiger partial charge on any atom is 0.236 e. The number of aliphatic hydroxyl groups is 1. The molecule has 0 aromatic carbocycles. The van der Waals surface area contributed by atoms with Gasteiger partial charge < -0.3 is 14.9 Å². The summed E-state index contributed by atoms with van der Waals surface area (Å²) in [5.74, 6) is 1.45. The van der Waals surface area contributed by atoms with Crippen LogP contribution in [0.15, 0.2) is 0 Å². The standard InChI is InChI=1S/C16H27N3O3/c1-12-8-17(9-14(12)11-20)10-15(21)18-4-6-19(7-5-18)16(22)13-2-3-13/h12-14,20H,2-11H2,1H3/t12-,14+/m1/s1. The van der Waals surface area contributed by atoms with E-state index in [9.17, 15) is 14.7 Å². The van der Waals surface area contributed by atoms with Crippen molar-refractivity contribution in [1.82, 2.24) is 14.7 Å². The van der Waals surface area contributed by atoms with Crippen LogP contribution in [-0.2, 0) is 9.59 Å². The highest BCUT2D eigenvalue weighted by atomic mass is 16.3. The number of piperazine rings is 1. The van der Waals surface area contributed by atoms with E-state index in [0.29, 0.717) is 44.6 Å². The number of hydrogen-bond acceptors (Lipinski definition) is 4. The van der Waals surface area contributed by atoms with Crippen molar-refractivity contribution in [2.75, 3.05) is 52.4 Å². The monoisotopic (exact) mass is 309 g/mol. The van der Waals surface area contributed by atoms with E-state index in [1.54, 1.807) is 0 Å². The summed E-state index contributed by atoms with van der Waals surface area (Å²) < 4.78 is 0. The number of hydrogen-bond donors (Lipinski definition) is 1. The summed E-state index contributed by atoms with van der Waals surface area (Å²) in [6.45, 7) is 7.14. The molecule has 2 aliphatic heterocycles. The second-order valence-corrected chi connectivity index (χ2v) is 7.09. The van der Waals surface area contributed by atoms with E-state index in [2.05, 4.69) is 11.8 Å². The van der Waals surface area contributed by atoms with Crippen LogP contribution in [0, 0.1) is 17.8 Å². The highest BCUT2D eigenvalue weighted by Crippen LogP contribution is 2.31. The number of rotatable bonds is 4. The molecular formula is C16H27N3O3. The van der Waals surface area contributed by atoms with Crippen molar-refractivity contribution in [3.05, 3.63) is 0 Å². The van der Waals surface area contributed by atoms with Gasteiger partial charge in [0.1, 0.15) is 0 Å². The van der Waals surface area contributed by atoms with Gasteiger partial charge in [-0.15, -0.1) is 0 Å². The molecule has 2 heterocycles. The topological polar surface area (TPSA) is 64.1 Å². The van der Waals surface area contributed by atoms with Crippen LogP contribution < -0.4 is 0 Å². The molecule has 124 valence electrons. The number of likely N-dealkylation sites (tertiary alicyclic amines) is 1. The third-order valence-corrected chi connectivity index (χ3v) is 5.31. The molecule has 0 radical (unpaired) electrons. The Bertz CT molecular complexity index is 430. The lowest BCUT2D eigenvalue weighted by atomic mass is 10.00. The van der Waals surface area contributed by atoms with Crippen LogP contribution in [0.5, 0.6) is 0 Å². The largest absolute Gasteiger partial charge is 0.396 e. The van der Waals surface area contributed by atoms with Gasteiger partial charge in [-0.25, -0.2) is 0 Å². The van der Waals surface area contributed by atoms with Gasteiger partial charge in [0.25, 0.3) is 0 Å². The molecule has 1 aliphatic carbocycles. The van der Waals surface area contributed by atoms with Gasteiger partial charge in [0.05, 0.1) is 6.54 Å². The molecule has 3 aliphatic rings. The zero-order valence-corrected chi connectivity index (χ0v) is 13.4. The van der Waals surface area contributed by atoms with Crippen molar-refractivity contribution in [2.45, 2.75) is 19.8 Å². The van der Waals surface area contributed by atoms with E-state index in [1.807, 2.05) is 9.80 Å².